The fourth-order valence-electron chi connectivity index (χ4n) is 2.66. The molecule has 3 aromatic rings. The molecule has 0 radical (unpaired) electrons. The largest absolute Gasteiger partial charge is 0.497 e. The number of aryl methyl sites for hydroxylation is 1. The molecule has 0 amide bonds. The summed E-state index contributed by atoms with van der Waals surface area (Å²) in [6.07, 6.45) is -10.1. The maximum absolute atomic E-state index is 13.4. The van der Waals surface area contributed by atoms with Crippen LogP contribution < -0.4 is 10.5 Å². The number of anilines is 1. The quantitative estimate of drug-likeness (QED) is 0.661. The number of alkyl halides is 6. The van der Waals surface area contributed by atoms with E-state index in [2.05, 4.69) is 10.1 Å². The van der Waals surface area contributed by atoms with Crippen LogP contribution in [0.1, 0.15) is 16.8 Å². The van der Waals surface area contributed by atoms with Gasteiger partial charge < -0.3 is 10.5 Å². The van der Waals surface area contributed by atoms with Crippen molar-refractivity contribution < 1.29 is 31.1 Å². The average molecular weight is 390 g/mol. The number of hydrogen-bond donors (Lipinski definition) is 1. The van der Waals surface area contributed by atoms with E-state index in [9.17, 15) is 26.3 Å². The molecule has 0 aliphatic carbocycles. The average Bonchev–Trinajstić information content (AvgIpc) is 2.89. The van der Waals surface area contributed by atoms with Crippen molar-refractivity contribution in [2.75, 3.05) is 12.8 Å². The number of rotatable bonds is 2. The van der Waals surface area contributed by atoms with E-state index in [0.717, 1.165) is 4.68 Å². The first-order valence-corrected chi connectivity index (χ1v) is 7.42. The summed E-state index contributed by atoms with van der Waals surface area (Å²) in [5.41, 5.74) is 2.65. The molecule has 0 unspecified atom stereocenters. The number of benzene rings is 1. The van der Waals surface area contributed by atoms with Gasteiger partial charge in [0.1, 0.15) is 17.3 Å². The Hall–Kier alpha value is -2.98. The second-order valence-electron chi connectivity index (χ2n) is 5.70. The first kappa shape index (κ1) is 18.8. The molecule has 27 heavy (non-hydrogen) atoms. The van der Waals surface area contributed by atoms with E-state index in [1.807, 2.05) is 0 Å². The van der Waals surface area contributed by atoms with Gasteiger partial charge in [0.25, 0.3) is 0 Å². The Morgan fingerprint density at radius 2 is 1.70 bits per heavy atom. The summed E-state index contributed by atoms with van der Waals surface area (Å²) in [4.78, 5) is 3.23. The SMILES string of the molecule is COc1ccc(-n2nc3nc(C(F)(F)F)cc(C(F)(F)F)c3c2N)c(C)c1. The highest BCUT2D eigenvalue weighted by molar-refractivity contribution is 5.91. The molecule has 0 bridgehead atoms. The van der Waals surface area contributed by atoms with Gasteiger partial charge in [0.2, 0.25) is 0 Å². The van der Waals surface area contributed by atoms with E-state index < -0.39 is 40.5 Å². The predicted molar refractivity (Wildman–Crippen MR) is 84.6 cm³/mol. The lowest BCUT2D eigenvalue weighted by atomic mass is 10.1. The van der Waals surface area contributed by atoms with Crippen LogP contribution in [-0.2, 0) is 12.4 Å². The van der Waals surface area contributed by atoms with Crippen molar-refractivity contribution in [1.29, 1.82) is 0 Å². The van der Waals surface area contributed by atoms with Crippen LogP contribution in [0.25, 0.3) is 16.7 Å². The second-order valence-corrected chi connectivity index (χ2v) is 5.70. The van der Waals surface area contributed by atoms with Gasteiger partial charge in [0.05, 0.1) is 23.7 Å². The molecule has 0 spiro atoms. The Morgan fingerprint density at radius 1 is 1.04 bits per heavy atom. The summed E-state index contributed by atoms with van der Waals surface area (Å²) in [6, 6.07) is 4.52. The number of nitrogens with zero attached hydrogens (tertiary/aromatic N) is 3. The van der Waals surface area contributed by atoms with Gasteiger partial charge >= 0.3 is 12.4 Å². The Bertz CT molecular complexity index is 1020. The number of hydrogen-bond acceptors (Lipinski definition) is 4. The lowest BCUT2D eigenvalue weighted by Gasteiger charge is -2.12. The topological polar surface area (TPSA) is 66.0 Å². The minimum Gasteiger partial charge on any atom is -0.497 e. The van der Waals surface area contributed by atoms with E-state index in [4.69, 9.17) is 10.5 Å². The van der Waals surface area contributed by atoms with E-state index in [1.54, 1.807) is 13.0 Å². The zero-order valence-electron chi connectivity index (χ0n) is 13.9. The fourth-order valence-corrected chi connectivity index (χ4v) is 2.66. The second kappa shape index (κ2) is 6.03. The molecular formula is C16H12F6N4O. The summed E-state index contributed by atoms with van der Waals surface area (Å²) in [5.74, 6) is 0.0202. The predicted octanol–water partition coefficient (Wildman–Crippen LogP) is 4.36. The van der Waals surface area contributed by atoms with E-state index in [-0.39, 0.29) is 11.8 Å². The van der Waals surface area contributed by atoms with E-state index in [1.165, 1.54) is 19.2 Å². The fraction of sp³-hybridized carbons (Fsp3) is 0.250. The van der Waals surface area contributed by atoms with Crippen molar-refractivity contribution in [3.05, 3.63) is 41.1 Å². The smallest absolute Gasteiger partial charge is 0.433 e. The molecular weight excluding hydrogens is 378 g/mol. The van der Waals surface area contributed by atoms with Crippen LogP contribution in [0, 0.1) is 6.92 Å². The Kier molecular flexibility index (Phi) is 4.20. The summed E-state index contributed by atoms with van der Waals surface area (Å²) in [6.45, 7) is 1.63. The van der Waals surface area contributed by atoms with Gasteiger partial charge in [-0.05, 0) is 36.8 Å². The molecule has 2 heterocycles. The van der Waals surface area contributed by atoms with Gasteiger partial charge in [-0.15, -0.1) is 5.10 Å². The normalized spacial score (nSPS) is 12.6. The van der Waals surface area contributed by atoms with Crippen molar-refractivity contribution in [2.24, 2.45) is 0 Å². The summed E-state index contributed by atoms with van der Waals surface area (Å²) in [5, 5.41) is 3.10. The molecule has 0 saturated carbocycles. The number of aromatic nitrogens is 3. The lowest BCUT2D eigenvalue weighted by molar-refractivity contribution is -0.144. The van der Waals surface area contributed by atoms with Crippen LogP contribution in [0.2, 0.25) is 0 Å². The molecule has 144 valence electrons. The van der Waals surface area contributed by atoms with E-state index in [0.29, 0.717) is 11.3 Å². The zero-order valence-corrected chi connectivity index (χ0v) is 13.9. The maximum atomic E-state index is 13.4. The van der Waals surface area contributed by atoms with Gasteiger partial charge in [0, 0.05) is 0 Å². The van der Waals surface area contributed by atoms with Crippen molar-refractivity contribution in [1.82, 2.24) is 14.8 Å². The van der Waals surface area contributed by atoms with Crippen LogP contribution in [0.5, 0.6) is 5.75 Å². The molecule has 5 nitrogen and oxygen atoms in total. The van der Waals surface area contributed by atoms with Crippen LogP contribution in [0.4, 0.5) is 32.2 Å². The summed E-state index contributed by atoms with van der Waals surface area (Å²) < 4.78 is 84.9. The summed E-state index contributed by atoms with van der Waals surface area (Å²) in [7, 11) is 1.43. The van der Waals surface area contributed by atoms with Crippen molar-refractivity contribution in [3.63, 3.8) is 0 Å². The molecule has 2 N–H and O–H groups in total. The van der Waals surface area contributed by atoms with Crippen molar-refractivity contribution in [3.8, 4) is 11.4 Å². The highest BCUT2D eigenvalue weighted by Gasteiger charge is 2.41. The third kappa shape index (κ3) is 3.24. The molecule has 0 saturated heterocycles. The van der Waals surface area contributed by atoms with Gasteiger partial charge in [-0.2, -0.15) is 26.3 Å². The van der Waals surface area contributed by atoms with Crippen molar-refractivity contribution >= 4 is 16.9 Å². The van der Waals surface area contributed by atoms with Gasteiger partial charge in [-0.3, -0.25) is 0 Å². The number of halogens is 6. The third-order valence-corrected chi connectivity index (χ3v) is 3.91. The van der Waals surface area contributed by atoms with Crippen LogP contribution in [-0.4, -0.2) is 21.9 Å². The first-order chi connectivity index (χ1) is 12.4. The number of ether oxygens (including phenoxy) is 1. The molecule has 0 atom stereocenters. The number of nitrogens with two attached hydrogens (primary N) is 1. The molecule has 0 aliphatic heterocycles. The Morgan fingerprint density at radius 3 is 2.22 bits per heavy atom. The highest BCUT2D eigenvalue weighted by Crippen LogP contribution is 2.41. The molecule has 3 rings (SSSR count). The summed E-state index contributed by atoms with van der Waals surface area (Å²) >= 11 is 0. The van der Waals surface area contributed by atoms with Gasteiger partial charge in [-0.1, -0.05) is 0 Å². The number of pyridine rings is 1. The lowest BCUT2D eigenvalue weighted by Crippen LogP contribution is -2.13. The Balaban J connectivity index is 2.34. The first-order valence-electron chi connectivity index (χ1n) is 7.42. The number of methoxy groups -OCH3 is 1. The Labute approximate surface area is 148 Å². The highest BCUT2D eigenvalue weighted by atomic mass is 19.4. The molecule has 0 fully saturated rings. The van der Waals surface area contributed by atoms with Crippen LogP contribution >= 0.6 is 0 Å². The van der Waals surface area contributed by atoms with Crippen molar-refractivity contribution in [2.45, 2.75) is 19.3 Å². The van der Waals surface area contributed by atoms with Crippen LogP contribution in [0.15, 0.2) is 24.3 Å². The molecule has 11 heteroatoms. The minimum atomic E-state index is -5.07. The minimum absolute atomic E-state index is 0.0639. The van der Waals surface area contributed by atoms with E-state index >= 15 is 0 Å². The maximum Gasteiger partial charge on any atom is 0.433 e. The monoisotopic (exact) mass is 390 g/mol. The number of nitrogen functional groups attached to an aromatic ring is 1. The van der Waals surface area contributed by atoms with Crippen LogP contribution in [0.3, 0.4) is 0 Å². The zero-order chi connectivity index (χ0) is 20.1. The van der Waals surface area contributed by atoms with Gasteiger partial charge in [0.15, 0.2) is 5.65 Å². The molecule has 1 aromatic carbocycles. The molecule has 2 aromatic heterocycles. The number of fused-ring (bicyclic) bond motifs is 1. The molecule has 0 aliphatic rings. The standard InChI is InChI=1S/C16H12F6N4O/c1-7-5-8(27-2)3-4-10(7)26-13(23)12-9(15(17,18)19)6-11(16(20,21)22)24-14(12)25-26/h3-6H,23H2,1-2H3. The van der Waals surface area contributed by atoms with Gasteiger partial charge in [-0.25, -0.2) is 9.67 Å². The third-order valence-electron chi connectivity index (χ3n) is 3.91.